The van der Waals surface area contributed by atoms with Gasteiger partial charge in [0.2, 0.25) is 0 Å². The molecule has 0 atom stereocenters. The Labute approximate surface area is 80.2 Å². The zero-order valence-electron chi connectivity index (χ0n) is 6.97. The first-order chi connectivity index (χ1) is 3.50. The van der Waals surface area contributed by atoms with Gasteiger partial charge < -0.3 is 27.0 Å². The van der Waals surface area contributed by atoms with Crippen molar-refractivity contribution in [3.63, 3.8) is 0 Å². The summed E-state index contributed by atoms with van der Waals surface area (Å²) in [4.78, 5) is 0. The number of hydrogen-bond donors (Lipinski definition) is 0. The van der Waals surface area contributed by atoms with E-state index in [0.29, 0.717) is 0 Å². The first kappa shape index (κ1) is 22.4. The molecule has 10 heavy (non-hydrogen) atoms. The molecule has 0 bridgehead atoms. The third-order valence-electron chi connectivity index (χ3n) is 0.827. The van der Waals surface area contributed by atoms with E-state index in [9.17, 15) is 0 Å². The third kappa shape index (κ3) is 15.9. The molecule has 1 rings (SSSR count). The average Bonchev–Trinajstić information content (AvgIpc) is 2.23. The van der Waals surface area contributed by atoms with Gasteiger partial charge in [0.1, 0.15) is 0 Å². The molecule has 1 nitrogen and oxygen atoms in total. The minimum absolute atomic E-state index is 0. The van der Waals surface area contributed by atoms with Crippen LogP contribution in [0, 0.1) is 22.3 Å². The summed E-state index contributed by atoms with van der Waals surface area (Å²) >= 11 is 1.82. The zero-order valence-corrected chi connectivity index (χ0v) is 9.46. The van der Waals surface area contributed by atoms with Crippen LogP contribution in [0.1, 0.15) is 12.8 Å². The van der Waals surface area contributed by atoms with E-state index in [2.05, 4.69) is 9.69 Å². The van der Waals surface area contributed by atoms with E-state index in [-0.39, 0.29) is 22.3 Å². The van der Waals surface area contributed by atoms with Crippen molar-refractivity contribution in [3.05, 3.63) is 22.3 Å². The van der Waals surface area contributed by atoms with E-state index >= 15 is 0 Å². The van der Waals surface area contributed by atoms with Crippen LogP contribution in [0.15, 0.2) is 0 Å². The topological polar surface area (TPSA) is 9.23 Å². The monoisotopic (exact) mass is 254 g/mol. The van der Waals surface area contributed by atoms with Crippen molar-refractivity contribution in [2.45, 2.75) is 12.8 Å². The second kappa shape index (κ2) is 22.5. The average molecular weight is 254 g/mol. The van der Waals surface area contributed by atoms with Crippen LogP contribution < -0.4 is 0 Å². The maximum atomic E-state index is 4.94. The predicted octanol–water partition coefficient (Wildman–Crippen LogP) is 2.83. The fourth-order valence-electron chi connectivity index (χ4n) is 0.510. The summed E-state index contributed by atoms with van der Waals surface area (Å²) < 4.78 is 4.94. The summed E-state index contributed by atoms with van der Waals surface area (Å²) in [6, 6.07) is 0. The molecule has 0 aliphatic carbocycles. The zero-order chi connectivity index (χ0) is 5.54. The standard InChI is InChI=1S/C4H8O.3CH3.ClH.Ru/c1-2-4-5-3-1;;;;;/h1-4H2;3*1H3;1H;/q;3*-1;;+4/p-1. The van der Waals surface area contributed by atoms with Crippen LogP contribution in [0.4, 0.5) is 0 Å². The molecule has 0 radical (unpaired) electrons. The first-order valence-corrected chi connectivity index (χ1v) is 4.45. The van der Waals surface area contributed by atoms with Crippen LogP contribution in [-0.4, -0.2) is 13.2 Å². The molecule has 0 spiro atoms. The summed E-state index contributed by atoms with van der Waals surface area (Å²) in [5, 5.41) is 0. The summed E-state index contributed by atoms with van der Waals surface area (Å²) in [7, 11) is 4.57. The van der Waals surface area contributed by atoms with E-state index < -0.39 is 0 Å². The van der Waals surface area contributed by atoms with Crippen LogP contribution >= 0.6 is 9.69 Å². The Morgan fingerprint density at radius 2 is 1.20 bits per heavy atom. The number of rotatable bonds is 0. The van der Waals surface area contributed by atoms with Crippen molar-refractivity contribution in [2.75, 3.05) is 13.2 Å². The quantitative estimate of drug-likeness (QED) is 0.477. The summed E-state index contributed by atoms with van der Waals surface area (Å²) in [6.07, 6.45) is 2.56. The second-order valence-electron chi connectivity index (χ2n) is 1.32. The summed E-state index contributed by atoms with van der Waals surface area (Å²) in [6.45, 7) is 2.00. The summed E-state index contributed by atoms with van der Waals surface area (Å²) in [5.74, 6) is 0. The van der Waals surface area contributed by atoms with Gasteiger partial charge in [0.25, 0.3) is 0 Å². The summed E-state index contributed by atoms with van der Waals surface area (Å²) in [5.41, 5.74) is 0. The van der Waals surface area contributed by atoms with E-state index in [1.54, 1.807) is 0 Å². The van der Waals surface area contributed by atoms with Crippen LogP contribution in [-0.2, 0) is 22.0 Å². The Balaban J connectivity index is -0.0000000337. The van der Waals surface area contributed by atoms with Gasteiger partial charge in [-0.25, -0.2) is 0 Å². The minimum atomic E-state index is 0. The van der Waals surface area contributed by atoms with Gasteiger partial charge in [0.05, 0.1) is 0 Å². The fourth-order valence-corrected chi connectivity index (χ4v) is 0.510. The van der Waals surface area contributed by atoms with Gasteiger partial charge in [0.15, 0.2) is 0 Å². The Bertz CT molecular complexity index is 25.2. The van der Waals surface area contributed by atoms with Gasteiger partial charge >= 0.3 is 27.0 Å². The van der Waals surface area contributed by atoms with Gasteiger partial charge in [-0.1, -0.05) is 0 Å². The molecule has 3 heteroatoms. The molecule has 1 fully saturated rings. The van der Waals surface area contributed by atoms with Gasteiger partial charge in [-0.05, 0) is 12.8 Å². The van der Waals surface area contributed by atoms with Crippen LogP contribution in [0.25, 0.3) is 0 Å². The van der Waals surface area contributed by atoms with Gasteiger partial charge in [-0.2, -0.15) is 0 Å². The van der Waals surface area contributed by atoms with Crippen molar-refractivity contribution >= 4 is 9.69 Å². The van der Waals surface area contributed by atoms with E-state index in [1.165, 1.54) is 12.8 Å². The van der Waals surface area contributed by atoms with Crippen LogP contribution in [0.3, 0.4) is 0 Å². The molecule has 1 saturated heterocycles. The normalized spacial score (nSPS) is 12.5. The number of ether oxygens (including phenoxy) is 1. The van der Waals surface area contributed by atoms with Crippen molar-refractivity contribution in [2.24, 2.45) is 0 Å². The predicted molar refractivity (Wildman–Crippen MR) is 45.1 cm³/mol. The Kier molecular flexibility index (Phi) is 50.6. The molecular weight excluding hydrogens is 237 g/mol. The van der Waals surface area contributed by atoms with Gasteiger partial charge in [-0.3, -0.25) is 0 Å². The molecule has 0 amide bonds. The van der Waals surface area contributed by atoms with E-state index in [0.717, 1.165) is 13.2 Å². The molecule has 1 heterocycles. The van der Waals surface area contributed by atoms with Gasteiger partial charge in [-0.15, -0.1) is 0 Å². The molecule has 0 unspecified atom stereocenters. The fraction of sp³-hybridized carbons (Fsp3) is 0.571. The Morgan fingerprint density at radius 3 is 1.30 bits per heavy atom. The molecule has 0 aromatic rings. The van der Waals surface area contributed by atoms with E-state index in [1.807, 2.05) is 17.3 Å². The van der Waals surface area contributed by atoms with Crippen molar-refractivity contribution in [3.8, 4) is 0 Å². The third-order valence-corrected chi connectivity index (χ3v) is 0.827. The first-order valence-electron chi connectivity index (χ1n) is 2.21. The molecule has 1 aliphatic heterocycles. The molecule has 66 valence electrons. The van der Waals surface area contributed by atoms with Crippen LogP contribution in [0.2, 0.25) is 0 Å². The Morgan fingerprint density at radius 1 is 0.900 bits per heavy atom. The molecule has 0 aromatic heterocycles. The maximum absolute atomic E-state index is 4.94. The molecular formula is C7H17ClORu. The number of hydrogen-bond acceptors (Lipinski definition) is 1. The molecule has 0 saturated carbocycles. The van der Waals surface area contributed by atoms with Crippen molar-refractivity contribution in [1.29, 1.82) is 0 Å². The molecule has 0 N–H and O–H groups in total. The van der Waals surface area contributed by atoms with E-state index in [4.69, 9.17) is 4.74 Å². The van der Waals surface area contributed by atoms with Crippen molar-refractivity contribution < 1.29 is 22.0 Å². The van der Waals surface area contributed by atoms with Crippen molar-refractivity contribution in [1.82, 2.24) is 0 Å². The molecule has 1 aliphatic rings. The second-order valence-corrected chi connectivity index (χ2v) is 1.32. The molecule has 0 aromatic carbocycles. The number of halogens is 1. The SMILES string of the molecule is C1CCOC1.[CH3-].[CH3-].[CH3-].[Cl][Ru+3]. The van der Waals surface area contributed by atoms with Crippen LogP contribution in [0.5, 0.6) is 0 Å². The Hall–Kier alpha value is 0.873. The van der Waals surface area contributed by atoms with Gasteiger partial charge in [0, 0.05) is 13.2 Å².